The molecule has 41 heavy (non-hydrogen) atoms. The summed E-state index contributed by atoms with van der Waals surface area (Å²) in [5, 5.41) is 11.7. The van der Waals surface area contributed by atoms with Crippen LogP contribution in [0.25, 0.3) is 0 Å². The number of hydrogen-bond acceptors (Lipinski definition) is 7. The molecule has 4 bridgehead atoms. The van der Waals surface area contributed by atoms with E-state index < -0.39 is 5.79 Å². The predicted octanol–water partition coefficient (Wildman–Crippen LogP) is 6.64. The molecule has 0 radical (unpaired) electrons. The molecule has 226 valence electrons. The lowest BCUT2D eigenvalue weighted by molar-refractivity contribution is -0.629. The van der Waals surface area contributed by atoms with Crippen molar-refractivity contribution in [3.8, 4) is 5.75 Å². The van der Waals surface area contributed by atoms with Gasteiger partial charge in [0.25, 0.3) is 0 Å². The van der Waals surface area contributed by atoms with Crippen molar-refractivity contribution in [3.63, 3.8) is 0 Å². The molecule has 5 aliphatic carbocycles. The number of nitrogens with zero attached hydrogens (tertiary/aromatic N) is 2. The quantitative estimate of drug-likeness (QED) is 0.401. The lowest BCUT2D eigenvalue weighted by Crippen LogP contribution is -2.68. The molecule has 7 heteroatoms. The van der Waals surface area contributed by atoms with Crippen molar-refractivity contribution in [2.45, 2.75) is 115 Å². The summed E-state index contributed by atoms with van der Waals surface area (Å²) in [7, 11) is 0. The Hall–Kier alpha value is -1.22. The molecule has 0 amide bonds. The van der Waals surface area contributed by atoms with Gasteiger partial charge in [0.1, 0.15) is 5.75 Å². The topological polar surface area (TPSA) is 63.6 Å². The van der Waals surface area contributed by atoms with Crippen molar-refractivity contribution >= 4 is 0 Å². The highest BCUT2D eigenvalue weighted by atomic mass is 17.4. The number of piperidine rings is 2. The maximum Gasteiger partial charge on any atom is 0.240 e. The first-order valence-electron chi connectivity index (χ1n) is 17.0. The van der Waals surface area contributed by atoms with Gasteiger partial charge in [-0.25, -0.2) is 9.78 Å². The molecular weight excluding hydrogens is 516 g/mol. The van der Waals surface area contributed by atoms with E-state index in [0.717, 1.165) is 81.5 Å². The number of phenols is 1. The average Bonchev–Trinajstić information content (AvgIpc) is 3.00. The summed E-state index contributed by atoms with van der Waals surface area (Å²) in [5.74, 6) is 3.11. The molecule has 1 N–H and O–H groups in total. The van der Waals surface area contributed by atoms with Gasteiger partial charge in [0.05, 0.1) is 0 Å². The van der Waals surface area contributed by atoms with Gasteiger partial charge >= 0.3 is 0 Å². The number of benzene rings is 1. The van der Waals surface area contributed by atoms with E-state index in [-0.39, 0.29) is 12.2 Å². The SMILES string of the molecule is Oc1c(CN2CCCCC2)cc(C2CCC3(OOCOO3)C3(C2)C2CC4CC(C2)CC3C4)cc1CN1CCCCC1. The van der Waals surface area contributed by atoms with E-state index in [1.807, 2.05) is 0 Å². The van der Waals surface area contributed by atoms with E-state index in [1.165, 1.54) is 76.2 Å². The van der Waals surface area contributed by atoms with Gasteiger partial charge in [0.15, 0.2) is 0 Å². The van der Waals surface area contributed by atoms with Crippen LogP contribution in [0.5, 0.6) is 5.75 Å². The molecule has 3 saturated heterocycles. The zero-order chi connectivity index (χ0) is 27.4. The minimum absolute atomic E-state index is 0.0412. The van der Waals surface area contributed by atoms with Crippen LogP contribution >= 0.6 is 0 Å². The monoisotopic (exact) mass is 566 g/mol. The molecule has 1 atom stereocenters. The Labute approximate surface area is 245 Å². The summed E-state index contributed by atoms with van der Waals surface area (Å²) in [6.45, 7) is 6.32. The smallest absolute Gasteiger partial charge is 0.240 e. The van der Waals surface area contributed by atoms with Crippen LogP contribution in [0.1, 0.15) is 112 Å². The standard InChI is InChI=1S/C34H50N2O5/c37-32-28(21-35-9-3-1-4-10-35)18-27(19-29(32)22-36-11-5-2-6-12-36)26-7-8-34(40-38-23-39-41-34)33(20-26)30-14-24-13-25(16-30)17-31(33)15-24/h18-19,24-26,30-31,37H,1-17,20-23H2. The Morgan fingerprint density at radius 2 is 1.27 bits per heavy atom. The number of aromatic hydroxyl groups is 1. The fourth-order valence-corrected chi connectivity index (χ4v) is 11.0. The van der Waals surface area contributed by atoms with Crippen molar-refractivity contribution in [1.29, 1.82) is 0 Å². The summed E-state index contributed by atoms with van der Waals surface area (Å²) in [4.78, 5) is 28.7. The number of likely N-dealkylation sites (tertiary alicyclic amines) is 2. The Morgan fingerprint density at radius 1 is 0.732 bits per heavy atom. The molecule has 8 fully saturated rings. The fourth-order valence-electron chi connectivity index (χ4n) is 11.0. The molecule has 8 aliphatic rings. The number of phenolic OH excluding ortho intramolecular Hbond substituents is 1. The van der Waals surface area contributed by atoms with Crippen LogP contribution in [0.3, 0.4) is 0 Å². The third-order valence-corrected chi connectivity index (χ3v) is 12.6. The highest BCUT2D eigenvalue weighted by Crippen LogP contribution is 2.72. The lowest BCUT2D eigenvalue weighted by atomic mass is 9.40. The van der Waals surface area contributed by atoms with Crippen LogP contribution in [-0.2, 0) is 32.6 Å². The van der Waals surface area contributed by atoms with Gasteiger partial charge in [-0.1, -0.05) is 25.0 Å². The maximum atomic E-state index is 11.7. The number of hydrogen-bond donors (Lipinski definition) is 1. The van der Waals surface area contributed by atoms with Gasteiger partial charge < -0.3 is 5.11 Å². The normalized spacial score (nSPS) is 39.1. The lowest BCUT2D eigenvalue weighted by Gasteiger charge is -2.68. The first-order chi connectivity index (χ1) is 20.1. The largest absolute Gasteiger partial charge is 0.507 e. The Morgan fingerprint density at radius 3 is 1.80 bits per heavy atom. The van der Waals surface area contributed by atoms with Gasteiger partial charge in [-0.2, -0.15) is 9.78 Å². The molecule has 5 saturated carbocycles. The van der Waals surface area contributed by atoms with Gasteiger partial charge in [0, 0.05) is 36.1 Å². The molecule has 7 nitrogen and oxygen atoms in total. The van der Waals surface area contributed by atoms with Crippen molar-refractivity contribution in [1.82, 2.24) is 9.80 Å². The minimum atomic E-state index is -0.797. The summed E-state index contributed by atoms with van der Waals surface area (Å²) in [6.07, 6.45) is 17.2. The molecule has 9 rings (SSSR count). The molecule has 1 aromatic carbocycles. The van der Waals surface area contributed by atoms with Gasteiger partial charge in [-0.3, -0.25) is 9.80 Å². The highest BCUT2D eigenvalue weighted by Gasteiger charge is 2.71. The Bertz CT molecular complexity index is 1020. The van der Waals surface area contributed by atoms with Crippen LogP contribution in [0.2, 0.25) is 0 Å². The summed E-state index contributed by atoms with van der Waals surface area (Å²) in [5.41, 5.74) is 3.60. The molecule has 1 unspecified atom stereocenters. The van der Waals surface area contributed by atoms with Crippen LogP contribution < -0.4 is 0 Å². The number of rotatable bonds is 5. The average molecular weight is 567 g/mol. The third-order valence-electron chi connectivity index (χ3n) is 12.6. The van der Waals surface area contributed by atoms with E-state index in [1.54, 1.807) is 0 Å². The van der Waals surface area contributed by atoms with Crippen molar-refractivity contribution in [3.05, 3.63) is 28.8 Å². The van der Waals surface area contributed by atoms with E-state index in [0.29, 0.717) is 23.5 Å². The summed E-state index contributed by atoms with van der Waals surface area (Å²) in [6, 6.07) is 4.76. The predicted molar refractivity (Wildman–Crippen MR) is 154 cm³/mol. The zero-order valence-corrected chi connectivity index (χ0v) is 24.9. The van der Waals surface area contributed by atoms with E-state index in [9.17, 15) is 5.11 Å². The Balaban J connectivity index is 1.14. The fraction of sp³-hybridized carbons (Fsp3) is 0.824. The highest BCUT2D eigenvalue weighted by molar-refractivity contribution is 5.45. The molecular formula is C34H50N2O5. The van der Waals surface area contributed by atoms with E-state index in [2.05, 4.69) is 21.9 Å². The molecule has 2 spiro atoms. The van der Waals surface area contributed by atoms with Gasteiger partial charge in [0.2, 0.25) is 12.6 Å². The van der Waals surface area contributed by atoms with Crippen molar-refractivity contribution in [2.75, 3.05) is 33.0 Å². The van der Waals surface area contributed by atoms with Crippen molar-refractivity contribution < 1.29 is 24.7 Å². The minimum Gasteiger partial charge on any atom is -0.507 e. The van der Waals surface area contributed by atoms with Crippen LogP contribution in [0, 0.1) is 29.1 Å². The summed E-state index contributed by atoms with van der Waals surface area (Å²) < 4.78 is 0. The van der Waals surface area contributed by atoms with Gasteiger partial charge in [-0.15, -0.1) is 0 Å². The molecule has 1 aromatic rings. The second-order valence-corrected chi connectivity index (χ2v) is 14.9. The van der Waals surface area contributed by atoms with Crippen LogP contribution in [-0.4, -0.2) is 53.7 Å². The third kappa shape index (κ3) is 4.78. The molecule has 3 heterocycles. The molecule has 0 aromatic heterocycles. The Kier molecular flexibility index (Phi) is 7.37. The first kappa shape index (κ1) is 27.3. The molecule has 3 aliphatic heterocycles. The van der Waals surface area contributed by atoms with E-state index in [4.69, 9.17) is 19.6 Å². The van der Waals surface area contributed by atoms with Crippen LogP contribution in [0.15, 0.2) is 12.1 Å². The first-order valence-corrected chi connectivity index (χ1v) is 17.0. The van der Waals surface area contributed by atoms with Crippen molar-refractivity contribution in [2.24, 2.45) is 29.1 Å². The zero-order valence-electron chi connectivity index (χ0n) is 24.9. The second kappa shape index (κ2) is 11.0. The summed E-state index contributed by atoms with van der Waals surface area (Å²) >= 11 is 0. The maximum absolute atomic E-state index is 11.7. The second-order valence-electron chi connectivity index (χ2n) is 14.9. The van der Waals surface area contributed by atoms with Gasteiger partial charge in [-0.05, 0) is 132 Å². The van der Waals surface area contributed by atoms with E-state index >= 15 is 0 Å². The van der Waals surface area contributed by atoms with Crippen LogP contribution in [0.4, 0.5) is 0 Å².